The van der Waals surface area contributed by atoms with E-state index in [-0.39, 0.29) is 35.0 Å². The Morgan fingerprint density at radius 3 is 2.19 bits per heavy atom. The van der Waals surface area contributed by atoms with Crippen molar-refractivity contribution in [2.24, 2.45) is 5.92 Å². The molecule has 0 atom stereocenters. The fourth-order valence-corrected chi connectivity index (χ4v) is 4.64. The molecule has 0 N–H and O–H groups in total. The molecule has 1 aliphatic carbocycles. The number of esters is 1. The van der Waals surface area contributed by atoms with E-state index in [1.165, 1.54) is 43.3 Å². The first-order valence-corrected chi connectivity index (χ1v) is 12.3. The minimum atomic E-state index is -1.20. The van der Waals surface area contributed by atoms with Gasteiger partial charge in [-0.25, -0.2) is 13.2 Å². The third kappa shape index (κ3) is 5.63. The van der Waals surface area contributed by atoms with Crippen molar-refractivity contribution in [1.82, 2.24) is 0 Å². The van der Waals surface area contributed by atoms with Gasteiger partial charge in [-0.2, -0.15) is 8.78 Å². The number of carbonyl (C=O) groups excluding carboxylic acids is 1. The summed E-state index contributed by atoms with van der Waals surface area (Å²) in [6.07, 6.45) is 2.38. The van der Waals surface area contributed by atoms with E-state index in [1.54, 1.807) is 6.07 Å². The second-order valence-corrected chi connectivity index (χ2v) is 9.30. The molecule has 4 rings (SSSR count). The van der Waals surface area contributed by atoms with E-state index in [9.17, 15) is 22.4 Å². The number of rotatable bonds is 7. The molecule has 0 spiro atoms. The van der Waals surface area contributed by atoms with Gasteiger partial charge in [0.25, 0.3) is 0 Å². The van der Waals surface area contributed by atoms with Gasteiger partial charge >= 0.3 is 5.97 Å². The van der Waals surface area contributed by atoms with Crippen molar-refractivity contribution in [3.8, 4) is 22.6 Å². The van der Waals surface area contributed by atoms with Crippen molar-refractivity contribution in [3.63, 3.8) is 0 Å². The van der Waals surface area contributed by atoms with Crippen LogP contribution in [0.5, 0.6) is 11.5 Å². The normalized spacial score (nSPS) is 17.5. The van der Waals surface area contributed by atoms with Crippen molar-refractivity contribution >= 4 is 5.97 Å². The Morgan fingerprint density at radius 1 is 0.838 bits per heavy atom. The molecule has 1 fully saturated rings. The van der Waals surface area contributed by atoms with E-state index in [2.05, 4.69) is 0 Å². The lowest BCUT2D eigenvalue weighted by atomic mass is 9.78. The molecule has 3 nitrogen and oxygen atoms in total. The first-order valence-electron chi connectivity index (χ1n) is 12.3. The monoisotopic (exact) mass is 518 g/mol. The summed E-state index contributed by atoms with van der Waals surface area (Å²) in [5.74, 6) is -7.03. The zero-order chi connectivity index (χ0) is 26.7. The number of hydrogen-bond acceptors (Lipinski definition) is 3. The van der Waals surface area contributed by atoms with Crippen LogP contribution in [0.25, 0.3) is 11.1 Å². The average molecular weight is 519 g/mol. The van der Waals surface area contributed by atoms with E-state index < -0.39 is 46.7 Å². The third-order valence-corrected chi connectivity index (χ3v) is 6.77. The molecule has 0 amide bonds. The van der Waals surface area contributed by atoms with Gasteiger partial charge in [-0.1, -0.05) is 25.1 Å². The van der Waals surface area contributed by atoms with Crippen LogP contribution in [-0.4, -0.2) is 12.6 Å². The summed E-state index contributed by atoms with van der Waals surface area (Å²) in [7, 11) is 0. The van der Waals surface area contributed by atoms with Crippen LogP contribution in [0, 0.1) is 41.9 Å². The average Bonchev–Trinajstić information content (AvgIpc) is 2.90. The minimum Gasteiger partial charge on any atom is -0.490 e. The molecule has 3 aromatic rings. The first kappa shape index (κ1) is 26.6. The molecule has 3 aromatic carbocycles. The lowest BCUT2D eigenvalue weighted by Crippen LogP contribution is -2.25. The second kappa shape index (κ2) is 11.3. The lowest BCUT2D eigenvalue weighted by molar-refractivity contribution is -0.140. The molecule has 37 heavy (non-hydrogen) atoms. The number of halogens is 5. The standard InChI is InChI=1S/C29H27F5O3/c1-3-14-36-23-13-11-21(26(32)27(23)33)19-9-10-20(22(30)15-19)17-5-7-18(8-6-17)29(35)37-24-12-4-16(2)25(31)28(24)34/h4,9-13,15,17-18H,3,5-8,14H2,1-2H3. The van der Waals surface area contributed by atoms with Crippen molar-refractivity contribution in [1.29, 1.82) is 0 Å². The van der Waals surface area contributed by atoms with Crippen LogP contribution in [0.1, 0.15) is 56.1 Å². The first-order chi connectivity index (χ1) is 17.7. The number of aryl methyl sites for hydroxylation is 1. The van der Waals surface area contributed by atoms with Crippen LogP contribution in [0.3, 0.4) is 0 Å². The van der Waals surface area contributed by atoms with E-state index in [0.717, 1.165) is 0 Å². The quantitative estimate of drug-likeness (QED) is 0.180. The summed E-state index contributed by atoms with van der Waals surface area (Å²) in [5.41, 5.74) is 0.657. The number of ether oxygens (including phenoxy) is 2. The Bertz CT molecular complexity index is 1300. The highest BCUT2D eigenvalue weighted by Crippen LogP contribution is 2.39. The van der Waals surface area contributed by atoms with Crippen LogP contribution < -0.4 is 9.47 Å². The minimum absolute atomic E-state index is 0.0713. The van der Waals surface area contributed by atoms with Gasteiger partial charge in [0.05, 0.1) is 12.5 Å². The van der Waals surface area contributed by atoms with E-state index in [0.29, 0.717) is 37.7 Å². The molecule has 8 heteroatoms. The Kier molecular flexibility index (Phi) is 8.15. The maximum atomic E-state index is 15.0. The van der Waals surface area contributed by atoms with Crippen molar-refractivity contribution in [3.05, 3.63) is 82.7 Å². The molecule has 0 aromatic heterocycles. The highest BCUT2D eigenvalue weighted by Gasteiger charge is 2.30. The van der Waals surface area contributed by atoms with E-state index >= 15 is 4.39 Å². The van der Waals surface area contributed by atoms with E-state index in [4.69, 9.17) is 9.47 Å². The van der Waals surface area contributed by atoms with Gasteiger partial charge < -0.3 is 9.47 Å². The van der Waals surface area contributed by atoms with Gasteiger partial charge in [-0.05, 0) is 85.9 Å². The molecule has 0 saturated heterocycles. The SMILES string of the molecule is CCCOc1ccc(-c2ccc(C3CCC(C(=O)Oc4ccc(C)c(F)c4F)CC3)c(F)c2)c(F)c1F. The Morgan fingerprint density at radius 2 is 1.51 bits per heavy atom. The smallest absolute Gasteiger partial charge is 0.314 e. The van der Waals surface area contributed by atoms with Crippen molar-refractivity contribution < 1.29 is 36.2 Å². The lowest BCUT2D eigenvalue weighted by Gasteiger charge is -2.28. The second-order valence-electron chi connectivity index (χ2n) is 9.30. The molecule has 196 valence electrons. The molecule has 1 aliphatic rings. The highest BCUT2D eigenvalue weighted by atomic mass is 19.2. The molecule has 0 heterocycles. The molecule has 0 radical (unpaired) electrons. The number of hydrogen-bond donors (Lipinski definition) is 0. The van der Waals surface area contributed by atoms with Crippen molar-refractivity contribution in [2.75, 3.05) is 6.61 Å². The summed E-state index contributed by atoms with van der Waals surface area (Å²) in [6.45, 7) is 3.51. The molecular weight excluding hydrogens is 491 g/mol. The fourth-order valence-electron chi connectivity index (χ4n) is 4.64. The zero-order valence-electron chi connectivity index (χ0n) is 20.6. The van der Waals surface area contributed by atoms with Crippen LogP contribution in [0.4, 0.5) is 22.0 Å². The van der Waals surface area contributed by atoms with Crippen molar-refractivity contribution in [2.45, 2.75) is 51.9 Å². The van der Waals surface area contributed by atoms with Gasteiger partial charge in [0, 0.05) is 5.56 Å². The fraction of sp³-hybridized carbons (Fsp3) is 0.345. The maximum absolute atomic E-state index is 15.0. The van der Waals surface area contributed by atoms with Gasteiger partial charge in [0.2, 0.25) is 11.6 Å². The van der Waals surface area contributed by atoms with Gasteiger partial charge in [0.15, 0.2) is 23.1 Å². The number of benzene rings is 3. The van der Waals surface area contributed by atoms with Gasteiger partial charge in [0.1, 0.15) is 5.82 Å². The van der Waals surface area contributed by atoms with Crippen LogP contribution in [0.2, 0.25) is 0 Å². The summed E-state index contributed by atoms with van der Waals surface area (Å²) in [6, 6.07) is 9.50. The summed E-state index contributed by atoms with van der Waals surface area (Å²) in [5, 5.41) is 0. The third-order valence-electron chi connectivity index (χ3n) is 6.77. The van der Waals surface area contributed by atoms with Gasteiger partial charge in [-0.15, -0.1) is 0 Å². The molecule has 0 aliphatic heterocycles. The van der Waals surface area contributed by atoms with Crippen LogP contribution >= 0.6 is 0 Å². The highest BCUT2D eigenvalue weighted by molar-refractivity contribution is 5.75. The molecule has 0 unspecified atom stereocenters. The Balaban J connectivity index is 1.42. The van der Waals surface area contributed by atoms with E-state index in [1.807, 2.05) is 6.92 Å². The summed E-state index contributed by atoms with van der Waals surface area (Å²) >= 11 is 0. The maximum Gasteiger partial charge on any atom is 0.314 e. The molecule has 0 bridgehead atoms. The summed E-state index contributed by atoms with van der Waals surface area (Å²) in [4.78, 5) is 12.5. The molecular formula is C29H27F5O3. The zero-order valence-corrected chi connectivity index (χ0v) is 20.6. The number of carbonyl (C=O) groups is 1. The largest absolute Gasteiger partial charge is 0.490 e. The molecule has 1 saturated carbocycles. The predicted octanol–water partition coefficient (Wildman–Crippen LogP) is 8.03. The van der Waals surface area contributed by atoms with Crippen LogP contribution in [-0.2, 0) is 4.79 Å². The topological polar surface area (TPSA) is 35.5 Å². The predicted molar refractivity (Wildman–Crippen MR) is 129 cm³/mol. The Labute approximate surface area is 212 Å². The summed E-state index contributed by atoms with van der Waals surface area (Å²) < 4.78 is 82.1. The van der Waals surface area contributed by atoms with Gasteiger partial charge in [-0.3, -0.25) is 4.79 Å². The Hall–Kier alpha value is -3.42. The van der Waals surface area contributed by atoms with Crippen LogP contribution in [0.15, 0.2) is 42.5 Å².